The Hall–Kier alpha value is -2.18. The smallest absolute Gasteiger partial charge is 0.243 e. The average Bonchev–Trinajstić information content (AvgIpc) is 3.05. The highest BCUT2D eigenvalue weighted by Crippen LogP contribution is 2.34. The van der Waals surface area contributed by atoms with Gasteiger partial charge >= 0.3 is 0 Å². The van der Waals surface area contributed by atoms with Gasteiger partial charge in [-0.25, -0.2) is 8.42 Å². The molecule has 1 unspecified atom stereocenters. The number of amides is 1. The largest absolute Gasteiger partial charge is 0.309 e. The number of carbonyl (C=O) groups is 1. The fourth-order valence-corrected chi connectivity index (χ4v) is 5.88. The van der Waals surface area contributed by atoms with E-state index < -0.39 is 10.0 Å². The zero-order chi connectivity index (χ0) is 19.7. The first-order valence-electron chi connectivity index (χ1n) is 9.92. The molecule has 4 rings (SSSR count). The second-order valence-corrected chi connectivity index (χ2v) is 9.75. The van der Waals surface area contributed by atoms with Gasteiger partial charge in [0.15, 0.2) is 0 Å². The summed E-state index contributed by atoms with van der Waals surface area (Å²) in [5, 5.41) is 0. The molecule has 28 heavy (non-hydrogen) atoms. The van der Waals surface area contributed by atoms with Crippen LogP contribution in [0.5, 0.6) is 0 Å². The van der Waals surface area contributed by atoms with Crippen LogP contribution >= 0.6 is 0 Å². The molecule has 6 heteroatoms. The minimum absolute atomic E-state index is 0.154. The number of piperidine rings is 1. The predicted octanol–water partition coefficient (Wildman–Crippen LogP) is 3.46. The molecule has 1 amide bonds. The second-order valence-electron chi connectivity index (χ2n) is 7.81. The predicted molar refractivity (Wildman–Crippen MR) is 110 cm³/mol. The molecule has 2 aromatic rings. The van der Waals surface area contributed by atoms with Gasteiger partial charge in [0.1, 0.15) is 0 Å². The Labute approximate surface area is 167 Å². The van der Waals surface area contributed by atoms with E-state index in [1.54, 1.807) is 28.6 Å². The Morgan fingerprint density at radius 3 is 2.36 bits per heavy atom. The minimum Gasteiger partial charge on any atom is -0.309 e. The van der Waals surface area contributed by atoms with Gasteiger partial charge in [-0.3, -0.25) is 4.79 Å². The molecule has 1 saturated heterocycles. The summed E-state index contributed by atoms with van der Waals surface area (Å²) in [5.41, 5.74) is 2.26. The summed E-state index contributed by atoms with van der Waals surface area (Å²) < 4.78 is 27.1. The minimum atomic E-state index is -3.44. The maximum Gasteiger partial charge on any atom is 0.243 e. The molecule has 0 spiro atoms. The Balaban J connectivity index is 1.38. The van der Waals surface area contributed by atoms with Crippen molar-refractivity contribution in [1.29, 1.82) is 0 Å². The van der Waals surface area contributed by atoms with E-state index in [2.05, 4.69) is 13.0 Å². The van der Waals surface area contributed by atoms with Gasteiger partial charge in [0.25, 0.3) is 0 Å². The Morgan fingerprint density at radius 1 is 1.00 bits per heavy atom. The lowest BCUT2D eigenvalue weighted by Gasteiger charge is -2.32. The van der Waals surface area contributed by atoms with Crippen LogP contribution in [0.25, 0.3) is 0 Å². The maximum absolute atomic E-state index is 13.0. The number of carbonyl (C=O) groups excluding carboxylic acids is 1. The topological polar surface area (TPSA) is 57.7 Å². The van der Waals surface area contributed by atoms with E-state index in [9.17, 15) is 13.2 Å². The van der Waals surface area contributed by atoms with Crippen LogP contribution in [-0.2, 0) is 21.2 Å². The van der Waals surface area contributed by atoms with Crippen molar-refractivity contribution in [2.75, 3.05) is 18.0 Å². The summed E-state index contributed by atoms with van der Waals surface area (Å²) in [6, 6.07) is 16.9. The maximum atomic E-state index is 13.0. The van der Waals surface area contributed by atoms with E-state index in [1.807, 2.05) is 29.2 Å². The highest BCUT2D eigenvalue weighted by molar-refractivity contribution is 7.89. The first-order chi connectivity index (χ1) is 13.5. The fraction of sp³-hybridized carbons (Fsp3) is 0.409. The Bertz CT molecular complexity index is 951. The van der Waals surface area contributed by atoms with Crippen molar-refractivity contribution in [3.8, 4) is 0 Å². The van der Waals surface area contributed by atoms with Crippen LogP contribution < -0.4 is 4.90 Å². The molecule has 2 aliphatic heterocycles. The number of sulfonamides is 1. The SMILES string of the molecule is CC1Cc2ccccc2N1C(=O)CC1CCN(S(=O)(=O)c2ccccc2)CC1. The molecule has 0 aliphatic carbocycles. The summed E-state index contributed by atoms with van der Waals surface area (Å²) in [5.74, 6) is 0.386. The van der Waals surface area contributed by atoms with Crippen LogP contribution in [0.4, 0.5) is 5.69 Å². The number of benzene rings is 2. The third-order valence-electron chi connectivity index (χ3n) is 5.89. The summed E-state index contributed by atoms with van der Waals surface area (Å²) >= 11 is 0. The van der Waals surface area contributed by atoms with Crippen LogP contribution in [0.2, 0.25) is 0 Å². The zero-order valence-corrected chi connectivity index (χ0v) is 16.9. The number of hydrogen-bond donors (Lipinski definition) is 0. The average molecular weight is 399 g/mol. The van der Waals surface area contributed by atoms with Crippen molar-refractivity contribution in [2.45, 2.75) is 43.5 Å². The molecule has 1 atom stereocenters. The van der Waals surface area contributed by atoms with Crippen molar-refractivity contribution in [3.63, 3.8) is 0 Å². The van der Waals surface area contributed by atoms with Crippen molar-refractivity contribution in [1.82, 2.24) is 4.31 Å². The first kappa shape index (κ1) is 19.2. The summed E-state index contributed by atoms with van der Waals surface area (Å²) in [4.78, 5) is 15.3. The Kier molecular flexibility index (Phi) is 5.25. The van der Waals surface area contributed by atoms with Crippen molar-refractivity contribution >= 4 is 21.6 Å². The van der Waals surface area contributed by atoms with Gasteiger partial charge in [-0.15, -0.1) is 0 Å². The first-order valence-corrected chi connectivity index (χ1v) is 11.4. The van der Waals surface area contributed by atoms with Gasteiger partial charge in [-0.2, -0.15) is 4.31 Å². The van der Waals surface area contributed by atoms with Crippen LogP contribution in [0.1, 0.15) is 31.7 Å². The number of fused-ring (bicyclic) bond motifs is 1. The van der Waals surface area contributed by atoms with Gasteiger partial charge in [0.05, 0.1) is 4.90 Å². The standard InChI is InChI=1S/C22H26N2O3S/c1-17-15-19-7-5-6-10-21(19)24(17)22(25)16-18-11-13-23(14-12-18)28(26,27)20-8-3-2-4-9-20/h2-10,17-18H,11-16H2,1H3. The van der Waals surface area contributed by atoms with Crippen molar-refractivity contribution < 1.29 is 13.2 Å². The lowest BCUT2D eigenvalue weighted by Crippen LogP contribution is -2.41. The van der Waals surface area contributed by atoms with Crippen LogP contribution in [-0.4, -0.2) is 37.8 Å². The fourth-order valence-electron chi connectivity index (χ4n) is 4.39. The molecule has 2 aromatic carbocycles. The molecule has 0 saturated carbocycles. The summed E-state index contributed by atoms with van der Waals surface area (Å²) in [6.45, 7) is 3.04. The molecule has 5 nitrogen and oxygen atoms in total. The van der Waals surface area contributed by atoms with E-state index in [1.165, 1.54) is 5.56 Å². The lowest BCUT2D eigenvalue weighted by atomic mass is 9.94. The van der Waals surface area contributed by atoms with Crippen molar-refractivity contribution in [2.24, 2.45) is 5.92 Å². The number of hydrogen-bond acceptors (Lipinski definition) is 3. The van der Waals surface area contributed by atoms with Gasteiger partial charge < -0.3 is 4.90 Å². The third-order valence-corrected chi connectivity index (χ3v) is 7.81. The molecule has 2 heterocycles. The van der Waals surface area contributed by atoms with Gasteiger partial charge in [-0.05, 0) is 55.9 Å². The van der Waals surface area contributed by atoms with Crippen LogP contribution in [0, 0.1) is 5.92 Å². The second kappa shape index (κ2) is 7.68. The molecule has 0 N–H and O–H groups in total. The van der Waals surface area contributed by atoms with Crippen LogP contribution in [0.3, 0.4) is 0 Å². The molecule has 148 valence electrons. The van der Waals surface area contributed by atoms with Crippen LogP contribution in [0.15, 0.2) is 59.5 Å². The summed E-state index contributed by atoms with van der Waals surface area (Å²) in [6.07, 6.45) is 2.83. The molecular weight excluding hydrogens is 372 g/mol. The summed E-state index contributed by atoms with van der Waals surface area (Å²) in [7, 11) is -3.44. The number of anilines is 1. The van der Waals surface area contributed by atoms with E-state index in [-0.39, 0.29) is 17.9 Å². The highest BCUT2D eigenvalue weighted by atomic mass is 32.2. The third kappa shape index (κ3) is 3.59. The molecular formula is C22H26N2O3S. The normalized spacial score (nSPS) is 20.9. The van der Waals surface area contributed by atoms with E-state index in [0.717, 1.165) is 24.9 Å². The number of nitrogens with zero attached hydrogens (tertiary/aromatic N) is 2. The quantitative estimate of drug-likeness (QED) is 0.793. The van der Waals surface area contributed by atoms with E-state index in [0.29, 0.717) is 24.4 Å². The molecule has 2 aliphatic rings. The zero-order valence-electron chi connectivity index (χ0n) is 16.1. The Morgan fingerprint density at radius 2 is 1.64 bits per heavy atom. The molecule has 0 aromatic heterocycles. The van der Waals surface area contributed by atoms with Gasteiger partial charge in [0, 0.05) is 31.2 Å². The molecule has 1 fully saturated rings. The van der Waals surface area contributed by atoms with Crippen molar-refractivity contribution in [3.05, 3.63) is 60.2 Å². The highest BCUT2D eigenvalue weighted by Gasteiger charge is 2.34. The number of para-hydroxylation sites is 1. The van der Waals surface area contributed by atoms with E-state index in [4.69, 9.17) is 0 Å². The number of rotatable bonds is 4. The monoisotopic (exact) mass is 398 g/mol. The van der Waals surface area contributed by atoms with Gasteiger partial charge in [0.2, 0.25) is 15.9 Å². The van der Waals surface area contributed by atoms with Gasteiger partial charge in [-0.1, -0.05) is 36.4 Å². The molecule has 0 radical (unpaired) electrons. The van der Waals surface area contributed by atoms with E-state index >= 15 is 0 Å². The lowest BCUT2D eigenvalue weighted by molar-refractivity contribution is -0.120. The molecule has 0 bridgehead atoms.